The summed E-state index contributed by atoms with van der Waals surface area (Å²) in [6.45, 7) is 4.05. The Hall–Kier alpha value is -1.36. The quantitative estimate of drug-likeness (QED) is 0.681. The summed E-state index contributed by atoms with van der Waals surface area (Å²) in [6, 6.07) is 6.48. The SMILES string of the molecule is CC(C)Cc1cc(C#N)ccc1F. The van der Waals surface area contributed by atoms with Gasteiger partial charge in [-0.25, -0.2) is 4.39 Å². The molecule has 0 saturated carbocycles. The molecule has 13 heavy (non-hydrogen) atoms. The van der Waals surface area contributed by atoms with E-state index in [0.29, 0.717) is 23.5 Å². The first-order valence-electron chi connectivity index (χ1n) is 4.32. The second kappa shape index (κ2) is 4.04. The van der Waals surface area contributed by atoms with E-state index in [1.165, 1.54) is 12.1 Å². The zero-order valence-corrected chi connectivity index (χ0v) is 7.84. The van der Waals surface area contributed by atoms with Crippen molar-refractivity contribution in [2.24, 2.45) is 5.92 Å². The van der Waals surface area contributed by atoms with Gasteiger partial charge in [0, 0.05) is 0 Å². The molecule has 0 unspecified atom stereocenters. The van der Waals surface area contributed by atoms with E-state index in [2.05, 4.69) is 0 Å². The van der Waals surface area contributed by atoms with Gasteiger partial charge in [-0.2, -0.15) is 5.26 Å². The van der Waals surface area contributed by atoms with Gasteiger partial charge in [0.05, 0.1) is 11.6 Å². The molecule has 0 saturated heterocycles. The Morgan fingerprint density at radius 2 is 2.15 bits per heavy atom. The van der Waals surface area contributed by atoms with Crippen molar-refractivity contribution >= 4 is 0 Å². The summed E-state index contributed by atoms with van der Waals surface area (Å²) in [5.41, 5.74) is 1.16. The van der Waals surface area contributed by atoms with Gasteiger partial charge < -0.3 is 0 Å². The van der Waals surface area contributed by atoms with Crippen molar-refractivity contribution in [2.45, 2.75) is 20.3 Å². The number of hydrogen-bond donors (Lipinski definition) is 0. The molecule has 1 rings (SSSR count). The monoisotopic (exact) mass is 177 g/mol. The van der Waals surface area contributed by atoms with Crippen molar-refractivity contribution in [1.82, 2.24) is 0 Å². The average molecular weight is 177 g/mol. The van der Waals surface area contributed by atoms with E-state index in [-0.39, 0.29) is 5.82 Å². The van der Waals surface area contributed by atoms with Crippen LogP contribution in [0.15, 0.2) is 18.2 Å². The lowest BCUT2D eigenvalue weighted by Gasteiger charge is -2.05. The van der Waals surface area contributed by atoms with Gasteiger partial charge in [0.25, 0.3) is 0 Å². The van der Waals surface area contributed by atoms with Gasteiger partial charge in [0.1, 0.15) is 5.82 Å². The molecule has 0 aliphatic carbocycles. The van der Waals surface area contributed by atoms with E-state index >= 15 is 0 Å². The van der Waals surface area contributed by atoms with Crippen LogP contribution in [-0.2, 0) is 6.42 Å². The van der Waals surface area contributed by atoms with E-state index in [1.54, 1.807) is 6.07 Å². The third kappa shape index (κ3) is 2.55. The molecule has 0 fully saturated rings. The molecule has 1 aromatic rings. The third-order valence-electron chi connectivity index (χ3n) is 1.80. The van der Waals surface area contributed by atoms with Gasteiger partial charge in [-0.1, -0.05) is 13.8 Å². The van der Waals surface area contributed by atoms with Crippen molar-refractivity contribution in [3.05, 3.63) is 35.1 Å². The minimum atomic E-state index is -0.215. The molecule has 0 aromatic heterocycles. The Bertz CT molecular complexity index is 336. The average Bonchev–Trinajstić information content (AvgIpc) is 2.08. The highest BCUT2D eigenvalue weighted by atomic mass is 19.1. The van der Waals surface area contributed by atoms with Gasteiger partial charge in [-0.15, -0.1) is 0 Å². The van der Waals surface area contributed by atoms with Crippen LogP contribution < -0.4 is 0 Å². The normalized spacial score (nSPS) is 10.1. The fraction of sp³-hybridized carbons (Fsp3) is 0.364. The molecule has 0 atom stereocenters. The van der Waals surface area contributed by atoms with Crippen LogP contribution in [0.2, 0.25) is 0 Å². The molecule has 0 aliphatic heterocycles. The second-order valence-corrected chi connectivity index (χ2v) is 3.52. The van der Waals surface area contributed by atoms with Crippen molar-refractivity contribution < 1.29 is 4.39 Å². The molecule has 0 N–H and O–H groups in total. The highest BCUT2D eigenvalue weighted by Crippen LogP contribution is 2.14. The first kappa shape index (κ1) is 9.73. The molecule has 0 heterocycles. The zero-order valence-electron chi connectivity index (χ0n) is 7.84. The maximum atomic E-state index is 13.2. The summed E-state index contributed by atoms with van der Waals surface area (Å²) in [5, 5.41) is 8.61. The van der Waals surface area contributed by atoms with Gasteiger partial charge in [-0.05, 0) is 36.1 Å². The highest BCUT2D eigenvalue weighted by molar-refractivity contribution is 5.33. The highest BCUT2D eigenvalue weighted by Gasteiger charge is 2.05. The molecular weight excluding hydrogens is 165 g/mol. The first-order valence-corrected chi connectivity index (χ1v) is 4.32. The fourth-order valence-electron chi connectivity index (χ4n) is 1.24. The van der Waals surface area contributed by atoms with Crippen molar-refractivity contribution in [2.75, 3.05) is 0 Å². The van der Waals surface area contributed by atoms with E-state index in [0.717, 1.165) is 0 Å². The minimum absolute atomic E-state index is 0.215. The largest absolute Gasteiger partial charge is 0.207 e. The summed E-state index contributed by atoms with van der Waals surface area (Å²) >= 11 is 0. The van der Waals surface area contributed by atoms with Gasteiger partial charge in [-0.3, -0.25) is 0 Å². The Morgan fingerprint density at radius 3 is 2.69 bits per heavy atom. The zero-order chi connectivity index (χ0) is 9.84. The van der Waals surface area contributed by atoms with Crippen LogP contribution in [-0.4, -0.2) is 0 Å². The minimum Gasteiger partial charge on any atom is -0.207 e. The summed E-state index contributed by atoms with van der Waals surface area (Å²) < 4.78 is 13.2. The van der Waals surface area contributed by atoms with Crippen molar-refractivity contribution in [3.63, 3.8) is 0 Å². The number of halogens is 1. The van der Waals surface area contributed by atoms with Crippen LogP contribution in [0, 0.1) is 23.1 Å². The maximum absolute atomic E-state index is 13.2. The molecular formula is C11H12FN. The lowest BCUT2D eigenvalue weighted by molar-refractivity contribution is 0.574. The van der Waals surface area contributed by atoms with Crippen LogP contribution in [0.4, 0.5) is 4.39 Å². The number of nitrogens with zero attached hydrogens (tertiary/aromatic N) is 1. The molecule has 2 heteroatoms. The van der Waals surface area contributed by atoms with Gasteiger partial charge >= 0.3 is 0 Å². The molecule has 0 spiro atoms. The number of hydrogen-bond acceptors (Lipinski definition) is 1. The second-order valence-electron chi connectivity index (χ2n) is 3.52. The standard InChI is InChI=1S/C11H12FN/c1-8(2)5-10-6-9(7-13)3-4-11(10)12/h3-4,6,8H,5H2,1-2H3. The lowest BCUT2D eigenvalue weighted by atomic mass is 10.0. The smallest absolute Gasteiger partial charge is 0.126 e. The topological polar surface area (TPSA) is 23.8 Å². The van der Waals surface area contributed by atoms with Crippen LogP contribution >= 0.6 is 0 Å². The van der Waals surface area contributed by atoms with Gasteiger partial charge in [0.15, 0.2) is 0 Å². The summed E-state index contributed by atoms with van der Waals surface area (Å²) in [4.78, 5) is 0. The fourth-order valence-corrected chi connectivity index (χ4v) is 1.24. The molecule has 68 valence electrons. The Morgan fingerprint density at radius 1 is 1.46 bits per heavy atom. The third-order valence-corrected chi connectivity index (χ3v) is 1.80. The summed E-state index contributed by atoms with van der Waals surface area (Å²) in [7, 11) is 0. The lowest BCUT2D eigenvalue weighted by Crippen LogP contribution is -1.97. The van der Waals surface area contributed by atoms with Crippen LogP contribution in [0.5, 0.6) is 0 Å². The predicted octanol–water partition coefficient (Wildman–Crippen LogP) is 2.90. The number of nitriles is 1. The molecule has 1 nitrogen and oxygen atoms in total. The van der Waals surface area contributed by atoms with E-state index < -0.39 is 0 Å². The van der Waals surface area contributed by atoms with Crippen molar-refractivity contribution in [1.29, 1.82) is 5.26 Å². The van der Waals surface area contributed by atoms with Crippen molar-refractivity contribution in [3.8, 4) is 6.07 Å². The number of rotatable bonds is 2. The molecule has 0 amide bonds. The van der Waals surface area contributed by atoms with Gasteiger partial charge in [0.2, 0.25) is 0 Å². The van der Waals surface area contributed by atoms with Crippen LogP contribution in [0.3, 0.4) is 0 Å². The Kier molecular flexibility index (Phi) is 3.02. The predicted molar refractivity (Wildman–Crippen MR) is 49.7 cm³/mol. The Labute approximate surface area is 77.8 Å². The Balaban J connectivity index is 2.99. The van der Waals surface area contributed by atoms with Crippen LogP contribution in [0.1, 0.15) is 25.0 Å². The van der Waals surface area contributed by atoms with E-state index in [4.69, 9.17) is 5.26 Å². The molecule has 0 radical (unpaired) electrons. The first-order chi connectivity index (χ1) is 6.13. The summed E-state index contributed by atoms with van der Waals surface area (Å²) in [6.07, 6.45) is 0.682. The van der Waals surface area contributed by atoms with Crippen LogP contribution in [0.25, 0.3) is 0 Å². The molecule has 0 bridgehead atoms. The van der Waals surface area contributed by atoms with E-state index in [1.807, 2.05) is 19.9 Å². The molecule has 1 aromatic carbocycles. The van der Waals surface area contributed by atoms with E-state index in [9.17, 15) is 4.39 Å². The summed E-state index contributed by atoms with van der Waals surface area (Å²) in [5.74, 6) is 0.191. The number of benzene rings is 1. The molecule has 0 aliphatic rings. The maximum Gasteiger partial charge on any atom is 0.126 e.